The third kappa shape index (κ3) is 3.42. The van der Waals surface area contributed by atoms with E-state index in [-0.39, 0.29) is 24.3 Å². The molecule has 2 unspecified atom stereocenters. The normalized spacial score (nSPS) is 16.8. The van der Waals surface area contributed by atoms with E-state index >= 15 is 0 Å². The first-order valence-corrected chi connectivity index (χ1v) is 7.80. The Morgan fingerprint density at radius 3 is 2.48 bits per heavy atom. The highest BCUT2D eigenvalue weighted by atomic mass is 16.4. The molecule has 4 heteroatoms. The highest BCUT2D eigenvalue weighted by molar-refractivity contribution is 5.87. The van der Waals surface area contributed by atoms with Gasteiger partial charge >= 0.3 is 5.97 Å². The van der Waals surface area contributed by atoms with Gasteiger partial charge in [-0.05, 0) is 29.5 Å². The van der Waals surface area contributed by atoms with E-state index < -0.39 is 5.97 Å². The maximum absolute atomic E-state index is 12.6. The van der Waals surface area contributed by atoms with Crippen LogP contribution in [-0.4, -0.2) is 17.0 Å². The topological polar surface area (TPSA) is 66.4 Å². The maximum atomic E-state index is 12.6. The minimum Gasteiger partial charge on any atom is -0.481 e. The van der Waals surface area contributed by atoms with E-state index in [1.165, 1.54) is 5.56 Å². The molecule has 0 radical (unpaired) electrons. The molecule has 23 heavy (non-hydrogen) atoms. The highest BCUT2D eigenvalue weighted by Gasteiger charge is 2.32. The summed E-state index contributed by atoms with van der Waals surface area (Å²) in [6, 6.07) is 17.2. The number of carbonyl (C=O) groups is 2. The van der Waals surface area contributed by atoms with Gasteiger partial charge in [0.15, 0.2) is 0 Å². The van der Waals surface area contributed by atoms with Gasteiger partial charge in [-0.3, -0.25) is 9.59 Å². The molecule has 1 aliphatic rings. The van der Waals surface area contributed by atoms with Crippen LogP contribution in [-0.2, 0) is 16.0 Å². The average molecular weight is 309 g/mol. The predicted molar refractivity (Wildman–Crippen MR) is 87.1 cm³/mol. The third-order valence-electron chi connectivity index (χ3n) is 4.34. The number of aliphatic carboxylic acids is 1. The number of hydrogen-bond donors (Lipinski definition) is 2. The van der Waals surface area contributed by atoms with Gasteiger partial charge in [0.2, 0.25) is 5.91 Å². The molecular weight excluding hydrogens is 290 g/mol. The van der Waals surface area contributed by atoms with Crippen LogP contribution in [0, 0.1) is 0 Å². The van der Waals surface area contributed by atoms with Crippen molar-refractivity contribution in [2.45, 2.75) is 31.2 Å². The molecule has 0 fully saturated rings. The second-order valence-corrected chi connectivity index (χ2v) is 5.86. The number of amides is 1. The fraction of sp³-hybridized carbons (Fsp3) is 0.263. The molecule has 0 aromatic heterocycles. The molecule has 2 atom stereocenters. The second kappa shape index (κ2) is 6.65. The SMILES string of the molecule is O=C(O)CCC(NC(=O)C1Cc2ccccc21)c1ccccc1. The summed E-state index contributed by atoms with van der Waals surface area (Å²) in [6.45, 7) is 0. The van der Waals surface area contributed by atoms with Crippen molar-refractivity contribution >= 4 is 11.9 Å². The van der Waals surface area contributed by atoms with E-state index in [1.807, 2.05) is 54.6 Å². The van der Waals surface area contributed by atoms with Crippen LogP contribution >= 0.6 is 0 Å². The monoisotopic (exact) mass is 309 g/mol. The van der Waals surface area contributed by atoms with Gasteiger partial charge in [0.25, 0.3) is 0 Å². The summed E-state index contributed by atoms with van der Waals surface area (Å²) in [4.78, 5) is 23.4. The molecule has 3 rings (SSSR count). The Morgan fingerprint density at radius 1 is 1.09 bits per heavy atom. The molecule has 118 valence electrons. The zero-order chi connectivity index (χ0) is 16.2. The molecule has 1 amide bonds. The quantitative estimate of drug-likeness (QED) is 0.862. The first-order valence-electron chi connectivity index (χ1n) is 7.80. The maximum Gasteiger partial charge on any atom is 0.303 e. The van der Waals surface area contributed by atoms with Crippen LogP contribution in [0.1, 0.15) is 41.5 Å². The first kappa shape index (κ1) is 15.3. The molecule has 2 N–H and O–H groups in total. The van der Waals surface area contributed by atoms with Crippen LogP contribution in [0.3, 0.4) is 0 Å². The summed E-state index contributed by atoms with van der Waals surface area (Å²) in [5.41, 5.74) is 3.24. The van der Waals surface area contributed by atoms with E-state index in [0.29, 0.717) is 6.42 Å². The van der Waals surface area contributed by atoms with Crippen molar-refractivity contribution in [1.29, 1.82) is 0 Å². The van der Waals surface area contributed by atoms with E-state index in [1.54, 1.807) is 0 Å². The number of rotatable bonds is 6. The van der Waals surface area contributed by atoms with Crippen LogP contribution in [0.15, 0.2) is 54.6 Å². The predicted octanol–water partition coefficient (Wildman–Crippen LogP) is 3.05. The molecule has 2 aromatic carbocycles. The molecule has 0 saturated heterocycles. The minimum absolute atomic E-state index is 0.0251. The van der Waals surface area contributed by atoms with E-state index in [2.05, 4.69) is 5.32 Å². The van der Waals surface area contributed by atoms with Gasteiger partial charge in [-0.25, -0.2) is 0 Å². The Morgan fingerprint density at radius 2 is 1.78 bits per heavy atom. The van der Waals surface area contributed by atoms with Crippen LogP contribution < -0.4 is 5.32 Å². The summed E-state index contributed by atoms with van der Waals surface area (Å²) in [5, 5.41) is 12.0. The lowest BCUT2D eigenvalue weighted by Crippen LogP contribution is -2.37. The Hall–Kier alpha value is -2.62. The number of nitrogens with one attached hydrogen (secondary N) is 1. The zero-order valence-corrected chi connectivity index (χ0v) is 12.7. The lowest BCUT2D eigenvalue weighted by Gasteiger charge is -2.31. The lowest BCUT2D eigenvalue weighted by atomic mass is 9.77. The van der Waals surface area contributed by atoms with Gasteiger partial charge in [0.1, 0.15) is 0 Å². The summed E-state index contributed by atoms with van der Waals surface area (Å²) < 4.78 is 0. The van der Waals surface area contributed by atoms with Crippen LogP contribution in [0.5, 0.6) is 0 Å². The van der Waals surface area contributed by atoms with E-state index in [0.717, 1.165) is 17.5 Å². The van der Waals surface area contributed by atoms with Gasteiger partial charge in [0.05, 0.1) is 12.0 Å². The van der Waals surface area contributed by atoms with Gasteiger partial charge in [-0.2, -0.15) is 0 Å². The second-order valence-electron chi connectivity index (χ2n) is 5.86. The van der Waals surface area contributed by atoms with Gasteiger partial charge in [-0.15, -0.1) is 0 Å². The third-order valence-corrected chi connectivity index (χ3v) is 4.34. The number of fused-ring (bicyclic) bond motifs is 1. The van der Waals surface area contributed by atoms with E-state index in [9.17, 15) is 9.59 Å². The van der Waals surface area contributed by atoms with Crippen molar-refractivity contribution in [3.63, 3.8) is 0 Å². The van der Waals surface area contributed by atoms with Gasteiger partial charge in [-0.1, -0.05) is 54.6 Å². The average Bonchev–Trinajstić information content (AvgIpc) is 2.53. The summed E-state index contributed by atoms with van der Waals surface area (Å²) in [5.74, 6) is -1.00. The fourth-order valence-corrected chi connectivity index (χ4v) is 3.04. The molecular formula is C19H19NO3. The number of hydrogen-bond acceptors (Lipinski definition) is 2. The summed E-state index contributed by atoms with van der Waals surface area (Å²) in [6.07, 6.45) is 1.17. The Labute approximate surface area is 135 Å². The van der Waals surface area contributed by atoms with Crippen molar-refractivity contribution in [3.8, 4) is 0 Å². The number of carbonyl (C=O) groups excluding carboxylic acids is 1. The molecule has 1 aliphatic carbocycles. The van der Waals surface area contributed by atoms with Crippen molar-refractivity contribution < 1.29 is 14.7 Å². The standard InChI is InChI=1S/C19H19NO3/c21-18(22)11-10-17(13-6-2-1-3-7-13)20-19(23)16-12-14-8-4-5-9-15(14)16/h1-9,16-17H,10-12H2,(H,20,23)(H,21,22). The number of benzene rings is 2. The summed E-state index contributed by atoms with van der Waals surface area (Å²) in [7, 11) is 0. The van der Waals surface area contributed by atoms with Crippen molar-refractivity contribution in [3.05, 3.63) is 71.3 Å². The molecule has 2 aromatic rings. The van der Waals surface area contributed by atoms with Crippen LogP contribution in [0.4, 0.5) is 0 Å². The molecule has 0 aliphatic heterocycles. The number of carboxylic acid groups (broad SMARTS) is 1. The first-order chi connectivity index (χ1) is 11.1. The van der Waals surface area contributed by atoms with Crippen LogP contribution in [0.25, 0.3) is 0 Å². The Bertz CT molecular complexity index is 712. The zero-order valence-electron chi connectivity index (χ0n) is 12.7. The van der Waals surface area contributed by atoms with Crippen molar-refractivity contribution in [1.82, 2.24) is 5.32 Å². The van der Waals surface area contributed by atoms with Gasteiger partial charge < -0.3 is 10.4 Å². The molecule has 0 spiro atoms. The van der Waals surface area contributed by atoms with Crippen molar-refractivity contribution in [2.75, 3.05) is 0 Å². The molecule has 0 heterocycles. The lowest BCUT2D eigenvalue weighted by molar-refractivity contribution is -0.137. The van der Waals surface area contributed by atoms with Gasteiger partial charge in [0, 0.05) is 6.42 Å². The Kier molecular flexibility index (Phi) is 4.42. The summed E-state index contributed by atoms with van der Waals surface area (Å²) >= 11 is 0. The fourth-order valence-electron chi connectivity index (χ4n) is 3.04. The largest absolute Gasteiger partial charge is 0.481 e. The highest BCUT2D eigenvalue weighted by Crippen LogP contribution is 2.35. The minimum atomic E-state index is -0.853. The molecule has 0 saturated carbocycles. The van der Waals surface area contributed by atoms with E-state index in [4.69, 9.17) is 5.11 Å². The van der Waals surface area contributed by atoms with Crippen LogP contribution in [0.2, 0.25) is 0 Å². The van der Waals surface area contributed by atoms with Crippen molar-refractivity contribution in [2.24, 2.45) is 0 Å². The smallest absolute Gasteiger partial charge is 0.303 e. The number of carboxylic acids is 1. The molecule has 0 bridgehead atoms. The molecule has 4 nitrogen and oxygen atoms in total. The Balaban J connectivity index is 1.71.